The normalized spacial score (nSPS) is 18.9. The molecule has 8 heteroatoms. The van der Waals surface area contributed by atoms with Crippen molar-refractivity contribution in [3.63, 3.8) is 0 Å². The van der Waals surface area contributed by atoms with Crippen molar-refractivity contribution in [2.75, 3.05) is 37.5 Å². The van der Waals surface area contributed by atoms with Crippen LogP contribution in [0.2, 0.25) is 0 Å². The number of nitrogens with zero attached hydrogens (tertiary/aromatic N) is 1. The fraction of sp³-hybridized carbons (Fsp3) is 0.500. The van der Waals surface area contributed by atoms with Gasteiger partial charge in [-0.05, 0) is 93.1 Å². The van der Waals surface area contributed by atoms with E-state index in [9.17, 15) is 13.2 Å². The summed E-state index contributed by atoms with van der Waals surface area (Å²) < 4.78 is 33.1. The van der Waals surface area contributed by atoms with Crippen LogP contribution in [0.5, 0.6) is 5.75 Å². The van der Waals surface area contributed by atoms with Crippen molar-refractivity contribution in [1.82, 2.24) is 10.2 Å². The molecule has 0 bridgehead atoms. The van der Waals surface area contributed by atoms with Gasteiger partial charge in [-0.15, -0.1) is 0 Å². The Balaban J connectivity index is 1.43. The first-order valence-corrected chi connectivity index (χ1v) is 13.6. The minimum Gasteiger partial charge on any atom is -0.494 e. The molecule has 1 fully saturated rings. The van der Waals surface area contributed by atoms with Gasteiger partial charge >= 0.3 is 0 Å². The summed E-state index contributed by atoms with van der Waals surface area (Å²) in [6.07, 6.45) is 3.31. The Kier molecular flexibility index (Phi) is 9.36. The quantitative estimate of drug-likeness (QED) is 0.460. The van der Waals surface area contributed by atoms with Gasteiger partial charge in [0.25, 0.3) is 15.9 Å². The van der Waals surface area contributed by atoms with Gasteiger partial charge in [0.05, 0.1) is 11.5 Å². The van der Waals surface area contributed by atoms with E-state index in [1.54, 1.807) is 36.4 Å². The number of piperidine rings is 1. The third kappa shape index (κ3) is 7.74. The molecule has 2 unspecified atom stereocenters. The molecule has 1 aliphatic rings. The smallest absolute Gasteiger partial charge is 0.261 e. The van der Waals surface area contributed by atoms with Crippen molar-refractivity contribution in [2.24, 2.45) is 11.8 Å². The molecule has 34 heavy (non-hydrogen) atoms. The lowest BCUT2D eigenvalue weighted by atomic mass is 9.92. The molecule has 0 saturated carbocycles. The van der Waals surface area contributed by atoms with Gasteiger partial charge in [-0.3, -0.25) is 9.52 Å². The van der Waals surface area contributed by atoms with Crippen LogP contribution in [0.3, 0.4) is 0 Å². The monoisotopic (exact) mass is 487 g/mol. The molecule has 2 N–H and O–H groups in total. The lowest BCUT2D eigenvalue weighted by Crippen LogP contribution is -2.39. The SMILES string of the molecule is CCOc1ccc(S(=O)(=O)Nc2ccc(C(=O)NCCCCN3CC(C)CC(C)C3)cc2)cc1. The molecule has 0 aromatic heterocycles. The summed E-state index contributed by atoms with van der Waals surface area (Å²) in [5.41, 5.74) is 0.901. The average molecular weight is 488 g/mol. The number of likely N-dealkylation sites (tertiary alicyclic amines) is 1. The van der Waals surface area contributed by atoms with E-state index in [2.05, 4.69) is 28.8 Å². The Bertz CT molecular complexity index is 1010. The van der Waals surface area contributed by atoms with Crippen LogP contribution in [0.4, 0.5) is 5.69 Å². The van der Waals surface area contributed by atoms with Gasteiger partial charge in [0.2, 0.25) is 0 Å². The zero-order valence-corrected chi connectivity index (χ0v) is 21.2. The van der Waals surface area contributed by atoms with Gasteiger partial charge in [-0.25, -0.2) is 8.42 Å². The first-order valence-electron chi connectivity index (χ1n) is 12.1. The Hall–Kier alpha value is -2.58. The first-order chi connectivity index (χ1) is 16.3. The number of unbranched alkanes of at least 4 members (excludes halogenated alkanes) is 1. The first kappa shape index (κ1) is 26.0. The number of carbonyl (C=O) groups excluding carboxylic acids is 1. The molecule has 0 spiro atoms. The summed E-state index contributed by atoms with van der Waals surface area (Å²) in [6, 6.07) is 12.7. The van der Waals surface area contributed by atoms with Crippen LogP contribution in [0.1, 0.15) is 50.4 Å². The van der Waals surface area contributed by atoms with Crippen LogP contribution in [0, 0.1) is 11.8 Å². The maximum Gasteiger partial charge on any atom is 0.261 e. The molecule has 7 nitrogen and oxygen atoms in total. The van der Waals surface area contributed by atoms with Crippen molar-refractivity contribution in [3.05, 3.63) is 54.1 Å². The number of ether oxygens (including phenoxy) is 1. The molecule has 0 aliphatic carbocycles. The lowest BCUT2D eigenvalue weighted by Gasteiger charge is -2.34. The highest BCUT2D eigenvalue weighted by molar-refractivity contribution is 7.92. The van der Waals surface area contributed by atoms with Crippen molar-refractivity contribution < 1.29 is 17.9 Å². The van der Waals surface area contributed by atoms with Crippen LogP contribution in [-0.2, 0) is 10.0 Å². The molecule has 2 aromatic rings. The van der Waals surface area contributed by atoms with Gasteiger partial charge in [-0.2, -0.15) is 0 Å². The Morgan fingerprint density at radius 1 is 1.00 bits per heavy atom. The number of anilines is 1. The van der Waals surface area contributed by atoms with E-state index in [1.807, 2.05) is 6.92 Å². The highest BCUT2D eigenvalue weighted by Crippen LogP contribution is 2.21. The van der Waals surface area contributed by atoms with E-state index in [-0.39, 0.29) is 10.8 Å². The third-order valence-corrected chi connectivity index (χ3v) is 7.37. The maximum atomic E-state index is 12.6. The van der Waals surface area contributed by atoms with Crippen LogP contribution >= 0.6 is 0 Å². The molecule has 2 atom stereocenters. The number of nitrogens with one attached hydrogen (secondary N) is 2. The van der Waals surface area contributed by atoms with Gasteiger partial charge in [0.1, 0.15) is 5.75 Å². The summed E-state index contributed by atoms with van der Waals surface area (Å²) in [5, 5.41) is 2.96. The maximum absolute atomic E-state index is 12.6. The standard InChI is InChI=1S/C26H37N3O4S/c1-4-33-24-11-13-25(14-12-24)34(31,32)28-23-9-7-22(8-10-23)26(30)27-15-5-6-16-29-18-20(2)17-21(3)19-29/h7-14,20-21,28H,4-6,15-19H2,1-3H3,(H,27,30). The van der Waals surface area contributed by atoms with E-state index >= 15 is 0 Å². The molecule has 2 aromatic carbocycles. The summed E-state index contributed by atoms with van der Waals surface area (Å²) in [5.74, 6) is 1.99. The fourth-order valence-corrected chi connectivity index (χ4v) is 5.58. The number of amides is 1. The molecule has 1 amide bonds. The molecule has 1 saturated heterocycles. The Labute approximate surface area is 203 Å². The van der Waals surface area contributed by atoms with E-state index in [0.29, 0.717) is 30.2 Å². The highest BCUT2D eigenvalue weighted by Gasteiger charge is 2.21. The van der Waals surface area contributed by atoms with E-state index in [4.69, 9.17) is 4.74 Å². The number of benzene rings is 2. The lowest BCUT2D eigenvalue weighted by molar-refractivity contribution is 0.0951. The van der Waals surface area contributed by atoms with Crippen molar-refractivity contribution in [1.29, 1.82) is 0 Å². The average Bonchev–Trinajstić information content (AvgIpc) is 2.79. The van der Waals surface area contributed by atoms with Crippen molar-refractivity contribution in [3.8, 4) is 5.75 Å². The number of sulfonamides is 1. The zero-order valence-electron chi connectivity index (χ0n) is 20.4. The number of hydrogen-bond acceptors (Lipinski definition) is 5. The predicted octanol–water partition coefficient (Wildman–Crippen LogP) is 4.37. The second kappa shape index (κ2) is 12.2. The van der Waals surface area contributed by atoms with Crippen LogP contribution in [0.25, 0.3) is 0 Å². The van der Waals surface area contributed by atoms with Crippen LogP contribution < -0.4 is 14.8 Å². The Morgan fingerprint density at radius 2 is 1.65 bits per heavy atom. The second-order valence-electron chi connectivity index (χ2n) is 9.26. The molecule has 1 aliphatic heterocycles. The molecule has 0 radical (unpaired) electrons. The topological polar surface area (TPSA) is 87.7 Å². The van der Waals surface area contributed by atoms with Gasteiger partial charge in [0.15, 0.2) is 0 Å². The summed E-state index contributed by atoms with van der Waals surface area (Å²) in [6.45, 7) is 11.1. The van der Waals surface area contributed by atoms with Crippen molar-refractivity contribution >= 4 is 21.6 Å². The third-order valence-electron chi connectivity index (χ3n) is 5.98. The van der Waals surface area contributed by atoms with E-state index in [1.165, 1.54) is 31.6 Å². The number of rotatable bonds is 11. The summed E-state index contributed by atoms with van der Waals surface area (Å²) in [7, 11) is -3.73. The number of hydrogen-bond donors (Lipinski definition) is 2. The van der Waals surface area contributed by atoms with Gasteiger partial charge in [0, 0.05) is 30.9 Å². The minimum absolute atomic E-state index is 0.145. The molecular weight excluding hydrogens is 450 g/mol. The molecule has 1 heterocycles. The fourth-order valence-electron chi connectivity index (χ4n) is 4.52. The zero-order chi connectivity index (χ0) is 24.6. The molecular formula is C26H37N3O4S. The van der Waals surface area contributed by atoms with Gasteiger partial charge < -0.3 is 15.0 Å². The Morgan fingerprint density at radius 3 is 2.26 bits per heavy atom. The van der Waals surface area contributed by atoms with Crippen LogP contribution in [-0.4, -0.2) is 52.0 Å². The minimum atomic E-state index is -3.73. The van der Waals surface area contributed by atoms with E-state index in [0.717, 1.165) is 31.2 Å². The predicted molar refractivity (Wildman–Crippen MR) is 136 cm³/mol. The van der Waals surface area contributed by atoms with Gasteiger partial charge in [-0.1, -0.05) is 13.8 Å². The molecule has 186 valence electrons. The van der Waals surface area contributed by atoms with Crippen LogP contribution in [0.15, 0.2) is 53.4 Å². The van der Waals surface area contributed by atoms with E-state index < -0.39 is 10.0 Å². The summed E-state index contributed by atoms with van der Waals surface area (Å²) in [4.78, 5) is 15.1. The highest BCUT2D eigenvalue weighted by atomic mass is 32.2. The summed E-state index contributed by atoms with van der Waals surface area (Å²) >= 11 is 0. The van der Waals surface area contributed by atoms with Crippen molar-refractivity contribution in [2.45, 2.75) is 44.9 Å². The number of carbonyl (C=O) groups is 1. The second-order valence-corrected chi connectivity index (χ2v) is 10.9. The molecule has 3 rings (SSSR count). The largest absolute Gasteiger partial charge is 0.494 e.